The van der Waals surface area contributed by atoms with Crippen molar-refractivity contribution in [1.29, 1.82) is 0 Å². The predicted octanol–water partition coefficient (Wildman–Crippen LogP) is 4.46. The maximum atomic E-state index is 4.63. The van der Waals surface area contributed by atoms with Gasteiger partial charge in [0, 0.05) is 16.8 Å². The first-order valence-corrected chi connectivity index (χ1v) is 9.89. The molecule has 0 aliphatic carbocycles. The van der Waals surface area contributed by atoms with Gasteiger partial charge in [-0.2, -0.15) is 4.68 Å². The summed E-state index contributed by atoms with van der Waals surface area (Å²) in [6, 6.07) is 18.1. The van der Waals surface area contributed by atoms with E-state index in [9.17, 15) is 0 Å². The minimum Gasteiger partial charge on any atom is -0.332 e. The first kappa shape index (κ1) is 16.7. The van der Waals surface area contributed by atoms with Gasteiger partial charge in [-0.25, -0.2) is 4.98 Å². The number of nitrogens with one attached hydrogen (secondary N) is 1. The topological polar surface area (TPSA) is 68.5 Å². The first-order chi connectivity index (χ1) is 12.8. The van der Waals surface area contributed by atoms with Crippen molar-refractivity contribution >= 4 is 33.9 Å². The van der Waals surface area contributed by atoms with E-state index in [1.165, 1.54) is 5.56 Å². The first-order valence-electron chi connectivity index (χ1n) is 8.02. The van der Waals surface area contributed by atoms with Crippen LogP contribution in [0, 0.1) is 6.92 Å². The Morgan fingerprint density at radius 1 is 1.12 bits per heavy atom. The predicted molar refractivity (Wildman–Crippen MR) is 105 cm³/mol. The number of thiazole rings is 1. The molecule has 2 aromatic heterocycles. The number of para-hydroxylation sites is 1. The van der Waals surface area contributed by atoms with Gasteiger partial charge in [-0.3, -0.25) is 0 Å². The van der Waals surface area contributed by atoms with Gasteiger partial charge in [0.1, 0.15) is 0 Å². The maximum Gasteiger partial charge on any atom is 0.214 e. The van der Waals surface area contributed by atoms with E-state index in [0.29, 0.717) is 5.75 Å². The standard InChI is InChI=1S/C18H16N6S2/c1-13-6-5-9-16(10-13)24-18(21-22-23-24)26-12-15-11-25-17(20-15)19-14-7-3-2-4-8-14/h2-11H,12H2,1H3,(H,19,20). The molecule has 8 heteroatoms. The molecular weight excluding hydrogens is 364 g/mol. The molecule has 0 radical (unpaired) electrons. The Morgan fingerprint density at radius 2 is 2.00 bits per heavy atom. The minimum absolute atomic E-state index is 0.707. The Balaban J connectivity index is 1.43. The Hall–Kier alpha value is -2.71. The van der Waals surface area contributed by atoms with E-state index in [-0.39, 0.29) is 0 Å². The molecule has 4 rings (SSSR count). The molecule has 0 amide bonds. The number of thioether (sulfide) groups is 1. The third-order valence-electron chi connectivity index (χ3n) is 3.61. The van der Waals surface area contributed by atoms with Crippen molar-refractivity contribution < 1.29 is 0 Å². The van der Waals surface area contributed by atoms with E-state index in [0.717, 1.165) is 27.4 Å². The smallest absolute Gasteiger partial charge is 0.214 e. The lowest BCUT2D eigenvalue weighted by Crippen LogP contribution is -1.99. The lowest BCUT2D eigenvalue weighted by molar-refractivity contribution is 0.755. The molecule has 0 saturated heterocycles. The van der Waals surface area contributed by atoms with Gasteiger partial charge in [0.2, 0.25) is 5.16 Å². The van der Waals surface area contributed by atoms with E-state index < -0.39 is 0 Å². The fraction of sp³-hybridized carbons (Fsp3) is 0.111. The molecule has 130 valence electrons. The molecule has 0 saturated carbocycles. The molecule has 1 N–H and O–H groups in total. The van der Waals surface area contributed by atoms with Crippen LogP contribution >= 0.6 is 23.1 Å². The molecule has 6 nitrogen and oxygen atoms in total. The van der Waals surface area contributed by atoms with Gasteiger partial charge >= 0.3 is 0 Å². The van der Waals surface area contributed by atoms with E-state index in [2.05, 4.69) is 50.3 Å². The number of rotatable bonds is 6. The van der Waals surface area contributed by atoms with E-state index in [4.69, 9.17) is 0 Å². The minimum atomic E-state index is 0.707. The Kier molecular flexibility index (Phi) is 4.94. The van der Waals surface area contributed by atoms with Crippen molar-refractivity contribution in [3.05, 3.63) is 71.2 Å². The molecule has 0 aliphatic heterocycles. The van der Waals surface area contributed by atoms with Gasteiger partial charge in [-0.1, -0.05) is 42.1 Å². The van der Waals surface area contributed by atoms with Gasteiger partial charge in [-0.15, -0.1) is 16.4 Å². The van der Waals surface area contributed by atoms with Crippen LogP contribution in [0.25, 0.3) is 5.69 Å². The molecule has 0 unspecified atom stereocenters. The molecule has 2 aromatic carbocycles. The van der Waals surface area contributed by atoms with Crippen LogP contribution < -0.4 is 5.32 Å². The lowest BCUT2D eigenvalue weighted by Gasteiger charge is -2.04. The number of anilines is 2. The van der Waals surface area contributed by atoms with Gasteiger partial charge in [0.05, 0.1) is 11.4 Å². The zero-order chi connectivity index (χ0) is 17.8. The highest BCUT2D eigenvalue weighted by atomic mass is 32.2. The number of tetrazole rings is 1. The molecule has 2 heterocycles. The van der Waals surface area contributed by atoms with Crippen molar-refractivity contribution in [2.24, 2.45) is 0 Å². The van der Waals surface area contributed by atoms with Crippen LogP contribution in [0.15, 0.2) is 65.1 Å². The highest BCUT2D eigenvalue weighted by Gasteiger charge is 2.11. The molecule has 4 aromatic rings. The number of aryl methyl sites for hydroxylation is 1. The molecular formula is C18H16N6S2. The molecule has 0 bridgehead atoms. The van der Waals surface area contributed by atoms with Gasteiger partial charge in [0.25, 0.3) is 0 Å². The molecule has 0 fully saturated rings. The Labute approximate surface area is 159 Å². The monoisotopic (exact) mass is 380 g/mol. The Bertz CT molecular complexity index is 996. The average molecular weight is 381 g/mol. The molecule has 0 aliphatic rings. The second kappa shape index (κ2) is 7.67. The van der Waals surface area contributed by atoms with Crippen molar-refractivity contribution in [3.63, 3.8) is 0 Å². The summed E-state index contributed by atoms with van der Waals surface area (Å²) in [5.41, 5.74) is 4.16. The number of hydrogen-bond donors (Lipinski definition) is 1. The molecule has 26 heavy (non-hydrogen) atoms. The van der Waals surface area contributed by atoms with Gasteiger partial charge in [-0.05, 0) is 47.2 Å². The number of hydrogen-bond acceptors (Lipinski definition) is 7. The molecule has 0 atom stereocenters. The fourth-order valence-electron chi connectivity index (χ4n) is 2.40. The largest absolute Gasteiger partial charge is 0.332 e. The lowest BCUT2D eigenvalue weighted by atomic mass is 10.2. The summed E-state index contributed by atoms with van der Waals surface area (Å²) in [5, 5.41) is 19.1. The quantitative estimate of drug-likeness (QED) is 0.498. The van der Waals surface area contributed by atoms with Crippen LogP contribution in [-0.2, 0) is 5.75 Å². The number of benzene rings is 2. The van der Waals surface area contributed by atoms with E-state index in [1.54, 1.807) is 27.8 Å². The Morgan fingerprint density at radius 3 is 2.85 bits per heavy atom. The van der Waals surface area contributed by atoms with Crippen LogP contribution in [0.1, 0.15) is 11.3 Å². The van der Waals surface area contributed by atoms with E-state index in [1.807, 2.05) is 42.5 Å². The zero-order valence-corrected chi connectivity index (χ0v) is 15.7. The van der Waals surface area contributed by atoms with Crippen molar-refractivity contribution in [2.45, 2.75) is 17.8 Å². The summed E-state index contributed by atoms with van der Waals surface area (Å²) in [7, 11) is 0. The summed E-state index contributed by atoms with van der Waals surface area (Å²) in [6.45, 7) is 2.05. The van der Waals surface area contributed by atoms with Crippen molar-refractivity contribution in [2.75, 3.05) is 5.32 Å². The van der Waals surface area contributed by atoms with Crippen molar-refractivity contribution in [3.8, 4) is 5.69 Å². The SMILES string of the molecule is Cc1cccc(-n2nnnc2SCc2csc(Nc3ccccc3)n2)c1. The van der Waals surface area contributed by atoms with Gasteiger partial charge in [0.15, 0.2) is 5.13 Å². The summed E-state index contributed by atoms with van der Waals surface area (Å²) in [5.74, 6) is 0.707. The second-order valence-electron chi connectivity index (χ2n) is 5.64. The summed E-state index contributed by atoms with van der Waals surface area (Å²) in [4.78, 5) is 4.63. The van der Waals surface area contributed by atoms with Gasteiger partial charge < -0.3 is 5.32 Å². The highest BCUT2D eigenvalue weighted by molar-refractivity contribution is 7.98. The normalized spacial score (nSPS) is 10.8. The van der Waals surface area contributed by atoms with Crippen molar-refractivity contribution in [1.82, 2.24) is 25.2 Å². The summed E-state index contributed by atoms with van der Waals surface area (Å²) < 4.78 is 1.76. The highest BCUT2D eigenvalue weighted by Crippen LogP contribution is 2.26. The fourth-order valence-corrected chi connectivity index (χ4v) is 4.02. The number of aromatic nitrogens is 5. The third-order valence-corrected chi connectivity index (χ3v) is 5.37. The van der Waals surface area contributed by atoms with Crippen LogP contribution in [0.5, 0.6) is 0 Å². The van der Waals surface area contributed by atoms with Crippen LogP contribution in [0.2, 0.25) is 0 Å². The molecule has 0 spiro atoms. The maximum absolute atomic E-state index is 4.63. The summed E-state index contributed by atoms with van der Waals surface area (Å²) in [6.07, 6.45) is 0. The zero-order valence-electron chi connectivity index (χ0n) is 14.0. The average Bonchev–Trinajstić information content (AvgIpc) is 3.30. The van der Waals surface area contributed by atoms with Crippen LogP contribution in [0.4, 0.5) is 10.8 Å². The summed E-state index contributed by atoms with van der Waals surface area (Å²) >= 11 is 3.16. The second-order valence-corrected chi connectivity index (χ2v) is 7.44. The van der Waals surface area contributed by atoms with Crippen LogP contribution in [0.3, 0.4) is 0 Å². The van der Waals surface area contributed by atoms with Crippen LogP contribution in [-0.4, -0.2) is 25.2 Å². The third kappa shape index (κ3) is 3.92. The van der Waals surface area contributed by atoms with E-state index >= 15 is 0 Å². The number of nitrogens with zero attached hydrogens (tertiary/aromatic N) is 5.